The van der Waals surface area contributed by atoms with E-state index in [1.54, 1.807) is 6.07 Å². The molecule has 1 aliphatic rings. The van der Waals surface area contributed by atoms with Gasteiger partial charge in [0.25, 0.3) is 5.56 Å². The van der Waals surface area contributed by atoms with Crippen LogP contribution in [-0.4, -0.2) is 40.5 Å². The summed E-state index contributed by atoms with van der Waals surface area (Å²) >= 11 is 6.86. The average Bonchev–Trinajstić information content (AvgIpc) is 2.57. The van der Waals surface area contributed by atoms with Crippen molar-refractivity contribution >= 4 is 48.7 Å². The van der Waals surface area contributed by atoms with Gasteiger partial charge in [-0.3, -0.25) is 14.5 Å². The number of carbonyl (C=O) groups is 1. The Morgan fingerprint density at radius 1 is 1.36 bits per heavy atom. The van der Waals surface area contributed by atoms with Gasteiger partial charge < -0.3 is 9.72 Å². The van der Waals surface area contributed by atoms with Gasteiger partial charge in [-0.05, 0) is 60.9 Å². The Hall–Kier alpha value is -1.25. The molecular weight excluding hydrogens is 454 g/mol. The SMILES string of the molecule is CCOC(=O)C1CCN(Cc2nc3c(Br)cc(Br)cc3c(=O)[nH]2)CC1. The number of aromatic nitrogens is 2. The molecule has 2 heterocycles. The Balaban J connectivity index is 1.72. The summed E-state index contributed by atoms with van der Waals surface area (Å²) in [5.41, 5.74) is 0.506. The Bertz CT molecular complexity index is 845. The third kappa shape index (κ3) is 4.30. The second kappa shape index (κ2) is 7.97. The lowest BCUT2D eigenvalue weighted by Crippen LogP contribution is -2.37. The van der Waals surface area contributed by atoms with Gasteiger partial charge in [-0.25, -0.2) is 4.98 Å². The third-order valence-corrected chi connectivity index (χ3v) is 5.42. The molecular formula is C17H19Br2N3O3. The standard InChI is InChI=1S/C17H19Br2N3O3/c1-2-25-17(24)10-3-5-22(6-4-10)9-14-20-15-12(16(23)21-14)7-11(18)8-13(15)19/h7-8,10H,2-6,9H2,1H3,(H,20,21,23). The van der Waals surface area contributed by atoms with Gasteiger partial charge in [-0.1, -0.05) is 15.9 Å². The number of ether oxygens (including phenoxy) is 1. The molecule has 1 aliphatic heterocycles. The van der Waals surface area contributed by atoms with Gasteiger partial charge in [0.2, 0.25) is 0 Å². The number of hydrogen-bond donors (Lipinski definition) is 1. The first-order chi connectivity index (χ1) is 12.0. The molecule has 8 heteroatoms. The van der Waals surface area contributed by atoms with Crippen molar-refractivity contribution in [1.82, 2.24) is 14.9 Å². The normalized spacial score (nSPS) is 16.3. The van der Waals surface area contributed by atoms with Crippen molar-refractivity contribution in [2.75, 3.05) is 19.7 Å². The fourth-order valence-electron chi connectivity index (χ4n) is 3.09. The summed E-state index contributed by atoms with van der Waals surface area (Å²) in [4.78, 5) is 33.8. The number of likely N-dealkylation sites (tertiary alicyclic amines) is 1. The smallest absolute Gasteiger partial charge is 0.309 e. The van der Waals surface area contributed by atoms with Gasteiger partial charge in [-0.15, -0.1) is 0 Å². The first kappa shape index (κ1) is 18.5. The predicted octanol–water partition coefficient (Wildman–Crippen LogP) is 3.22. The van der Waals surface area contributed by atoms with E-state index in [9.17, 15) is 9.59 Å². The highest BCUT2D eigenvalue weighted by Crippen LogP contribution is 2.25. The largest absolute Gasteiger partial charge is 0.466 e. The molecule has 0 saturated carbocycles. The van der Waals surface area contributed by atoms with Gasteiger partial charge >= 0.3 is 5.97 Å². The minimum absolute atomic E-state index is 0.0219. The average molecular weight is 473 g/mol. The number of halogens is 2. The van der Waals surface area contributed by atoms with Crippen LogP contribution in [0.4, 0.5) is 0 Å². The summed E-state index contributed by atoms with van der Waals surface area (Å²) in [6.45, 7) is 4.38. The van der Waals surface area contributed by atoms with Gasteiger partial charge in [0.1, 0.15) is 5.82 Å². The third-order valence-electron chi connectivity index (χ3n) is 4.36. The zero-order chi connectivity index (χ0) is 18.0. The first-order valence-corrected chi connectivity index (χ1v) is 9.83. The summed E-state index contributed by atoms with van der Waals surface area (Å²) < 4.78 is 6.70. The molecule has 1 N–H and O–H groups in total. The molecule has 2 aromatic rings. The second-order valence-electron chi connectivity index (χ2n) is 6.10. The van der Waals surface area contributed by atoms with Crippen molar-refractivity contribution in [3.63, 3.8) is 0 Å². The number of carbonyl (C=O) groups excluding carboxylic acids is 1. The van der Waals surface area contributed by atoms with Crippen LogP contribution in [0.15, 0.2) is 25.9 Å². The van der Waals surface area contributed by atoms with E-state index in [2.05, 4.69) is 46.7 Å². The van der Waals surface area contributed by atoms with E-state index >= 15 is 0 Å². The molecule has 0 bridgehead atoms. The maximum Gasteiger partial charge on any atom is 0.309 e. The number of H-pyrrole nitrogens is 1. The van der Waals surface area contributed by atoms with Crippen LogP contribution in [0.2, 0.25) is 0 Å². The molecule has 1 aromatic heterocycles. The Morgan fingerprint density at radius 3 is 2.76 bits per heavy atom. The molecule has 0 unspecified atom stereocenters. The van der Waals surface area contributed by atoms with Crippen LogP contribution in [-0.2, 0) is 16.1 Å². The zero-order valence-electron chi connectivity index (χ0n) is 13.8. The van der Waals surface area contributed by atoms with Crippen molar-refractivity contribution in [3.05, 3.63) is 37.3 Å². The Kier molecular flexibility index (Phi) is 5.91. The van der Waals surface area contributed by atoms with E-state index in [1.165, 1.54) is 0 Å². The maximum absolute atomic E-state index is 12.3. The number of aromatic amines is 1. The lowest BCUT2D eigenvalue weighted by atomic mass is 9.97. The number of esters is 1. The van der Waals surface area contributed by atoms with Crippen LogP contribution in [0.5, 0.6) is 0 Å². The molecule has 6 nitrogen and oxygen atoms in total. The zero-order valence-corrected chi connectivity index (χ0v) is 17.0. The first-order valence-electron chi connectivity index (χ1n) is 8.25. The van der Waals surface area contributed by atoms with Crippen LogP contribution in [0.1, 0.15) is 25.6 Å². The number of nitrogens with zero attached hydrogens (tertiary/aromatic N) is 2. The van der Waals surface area contributed by atoms with Crippen molar-refractivity contribution in [1.29, 1.82) is 0 Å². The van der Waals surface area contributed by atoms with E-state index in [0.717, 1.165) is 34.9 Å². The Morgan fingerprint density at radius 2 is 2.08 bits per heavy atom. The molecule has 0 radical (unpaired) electrons. The molecule has 0 aliphatic carbocycles. The van der Waals surface area contributed by atoms with Gasteiger partial charge in [0.05, 0.1) is 30.0 Å². The van der Waals surface area contributed by atoms with Crippen molar-refractivity contribution in [3.8, 4) is 0 Å². The summed E-state index contributed by atoms with van der Waals surface area (Å²) in [6.07, 6.45) is 1.54. The predicted molar refractivity (Wildman–Crippen MR) is 102 cm³/mol. The highest BCUT2D eigenvalue weighted by Gasteiger charge is 2.26. The van der Waals surface area contributed by atoms with Crippen LogP contribution < -0.4 is 5.56 Å². The maximum atomic E-state index is 12.3. The lowest BCUT2D eigenvalue weighted by Gasteiger charge is -2.30. The molecule has 0 amide bonds. The van der Waals surface area contributed by atoms with Gasteiger partial charge in [-0.2, -0.15) is 0 Å². The lowest BCUT2D eigenvalue weighted by molar-refractivity contribution is -0.149. The number of fused-ring (bicyclic) bond motifs is 1. The number of benzene rings is 1. The number of hydrogen-bond acceptors (Lipinski definition) is 5. The molecule has 1 aromatic carbocycles. The summed E-state index contributed by atoms with van der Waals surface area (Å²) in [5.74, 6) is 0.510. The summed E-state index contributed by atoms with van der Waals surface area (Å²) in [5, 5.41) is 0.547. The second-order valence-corrected chi connectivity index (χ2v) is 7.87. The topological polar surface area (TPSA) is 75.3 Å². The Labute approximate surface area is 162 Å². The van der Waals surface area contributed by atoms with Crippen LogP contribution in [0, 0.1) is 5.92 Å². The molecule has 1 saturated heterocycles. The van der Waals surface area contributed by atoms with E-state index < -0.39 is 0 Å². The molecule has 0 spiro atoms. The van der Waals surface area contributed by atoms with E-state index in [0.29, 0.717) is 29.9 Å². The minimum Gasteiger partial charge on any atom is -0.466 e. The monoisotopic (exact) mass is 471 g/mol. The fourth-order valence-corrected chi connectivity index (χ4v) is 4.40. The van der Waals surface area contributed by atoms with Gasteiger partial charge in [0, 0.05) is 8.95 Å². The van der Waals surface area contributed by atoms with E-state index in [-0.39, 0.29) is 17.4 Å². The number of rotatable bonds is 4. The summed E-state index contributed by atoms with van der Waals surface area (Å²) in [6, 6.07) is 3.64. The van der Waals surface area contributed by atoms with Crippen molar-refractivity contribution < 1.29 is 9.53 Å². The quantitative estimate of drug-likeness (QED) is 0.691. The molecule has 1 fully saturated rings. The van der Waals surface area contributed by atoms with Crippen molar-refractivity contribution in [2.45, 2.75) is 26.3 Å². The number of piperidine rings is 1. The summed E-state index contributed by atoms with van der Waals surface area (Å²) in [7, 11) is 0. The minimum atomic E-state index is -0.150. The highest BCUT2D eigenvalue weighted by molar-refractivity contribution is 9.11. The van der Waals surface area contributed by atoms with E-state index in [1.807, 2.05) is 13.0 Å². The molecule has 0 atom stereocenters. The van der Waals surface area contributed by atoms with E-state index in [4.69, 9.17) is 4.74 Å². The number of nitrogens with one attached hydrogen (secondary N) is 1. The highest BCUT2D eigenvalue weighted by atomic mass is 79.9. The molecule has 3 rings (SSSR count). The van der Waals surface area contributed by atoms with Crippen LogP contribution in [0.25, 0.3) is 10.9 Å². The van der Waals surface area contributed by atoms with Crippen LogP contribution >= 0.6 is 31.9 Å². The fraction of sp³-hybridized carbons (Fsp3) is 0.471. The van der Waals surface area contributed by atoms with Crippen LogP contribution in [0.3, 0.4) is 0 Å². The van der Waals surface area contributed by atoms with Gasteiger partial charge in [0.15, 0.2) is 0 Å². The van der Waals surface area contributed by atoms with Crippen molar-refractivity contribution in [2.24, 2.45) is 5.92 Å². The molecule has 25 heavy (non-hydrogen) atoms. The molecule has 134 valence electrons.